The summed E-state index contributed by atoms with van der Waals surface area (Å²) in [6.07, 6.45) is -14.5. The van der Waals surface area contributed by atoms with Crippen LogP contribution in [0.25, 0.3) is 0 Å². The SMILES string of the molecule is COc1cc(Cl)cnc1C(=O)Nc1ccc(F)c([C@]2(C(F)(F)F)C[C@@H](C(F)(F)F)OC(N)=N2)c1. The molecule has 0 saturated carbocycles. The second-order valence-corrected chi connectivity index (χ2v) is 7.45. The molecule has 1 aromatic carbocycles. The number of pyridine rings is 1. The third kappa shape index (κ3) is 4.81. The Morgan fingerprint density at radius 1 is 1.26 bits per heavy atom. The van der Waals surface area contributed by atoms with Gasteiger partial charge in [0.2, 0.25) is 0 Å². The summed E-state index contributed by atoms with van der Waals surface area (Å²) in [5.41, 5.74) is -0.620. The number of amides is 1. The van der Waals surface area contributed by atoms with E-state index in [1.165, 1.54) is 13.2 Å². The van der Waals surface area contributed by atoms with Gasteiger partial charge in [0, 0.05) is 29.9 Å². The molecule has 0 spiro atoms. The topological polar surface area (TPSA) is 98.8 Å². The highest BCUT2D eigenvalue weighted by Crippen LogP contribution is 2.51. The normalized spacial score (nSPS) is 20.9. The fourth-order valence-electron chi connectivity index (χ4n) is 3.26. The number of nitrogens with zero attached hydrogens (tertiary/aromatic N) is 2. The minimum absolute atomic E-state index is 0.0751. The van der Waals surface area contributed by atoms with Crippen molar-refractivity contribution in [3.05, 3.63) is 52.6 Å². The molecule has 3 N–H and O–H groups in total. The Morgan fingerprint density at radius 2 is 1.94 bits per heavy atom. The Morgan fingerprint density at radius 3 is 2.53 bits per heavy atom. The van der Waals surface area contributed by atoms with Crippen molar-refractivity contribution in [1.29, 1.82) is 0 Å². The van der Waals surface area contributed by atoms with E-state index in [4.69, 9.17) is 22.1 Å². The zero-order chi connectivity index (χ0) is 25.5. The van der Waals surface area contributed by atoms with Crippen LogP contribution in [-0.4, -0.2) is 42.5 Å². The maximum Gasteiger partial charge on any atom is 0.425 e. The maximum atomic E-state index is 14.6. The lowest BCUT2D eigenvalue weighted by molar-refractivity contribution is -0.242. The summed E-state index contributed by atoms with van der Waals surface area (Å²) in [6.45, 7) is 0. The van der Waals surface area contributed by atoms with E-state index < -0.39 is 59.4 Å². The minimum Gasteiger partial charge on any atom is -0.494 e. The molecular weight excluding hydrogens is 501 g/mol. The van der Waals surface area contributed by atoms with Gasteiger partial charge in [-0.1, -0.05) is 11.6 Å². The number of anilines is 1. The van der Waals surface area contributed by atoms with Gasteiger partial charge in [0.25, 0.3) is 11.9 Å². The van der Waals surface area contributed by atoms with Gasteiger partial charge < -0.3 is 20.5 Å². The first-order valence-corrected chi connectivity index (χ1v) is 9.52. The molecule has 0 fully saturated rings. The molecule has 15 heteroatoms. The summed E-state index contributed by atoms with van der Waals surface area (Å²) in [5.74, 6) is -2.58. The second-order valence-electron chi connectivity index (χ2n) is 7.01. The molecule has 7 nitrogen and oxygen atoms in total. The number of methoxy groups -OCH3 is 1. The van der Waals surface area contributed by atoms with E-state index in [0.717, 1.165) is 12.3 Å². The minimum atomic E-state index is -5.52. The first-order chi connectivity index (χ1) is 15.7. The van der Waals surface area contributed by atoms with Gasteiger partial charge in [-0.25, -0.2) is 14.4 Å². The van der Waals surface area contributed by atoms with E-state index in [1.807, 2.05) is 0 Å². The summed E-state index contributed by atoms with van der Waals surface area (Å²) in [4.78, 5) is 19.4. The van der Waals surface area contributed by atoms with Crippen LogP contribution in [0.15, 0.2) is 35.5 Å². The van der Waals surface area contributed by atoms with E-state index in [2.05, 4.69) is 20.0 Å². The molecule has 0 radical (unpaired) electrons. The number of aliphatic imine (C=N–C) groups is 1. The monoisotopic (exact) mass is 514 g/mol. The molecule has 1 aliphatic heterocycles. The first-order valence-electron chi connectivity index (χ1n) is 9.14. The molecule has 0 saturated heterocycles. The van der Waals surface area contributed by atoms with Crippen molar-refractivity contribution in [1.82, 2.24) is 4.98 Å². The van der Waals surface area contributed by atoms with Crippen LogP contribution in [0, 0.1) is 5.82 Å². The second kappa shape index (κ2) is 8.81. The lowest BCUT2D eigenvalue weighted by Gasteiger charge is -2.39. The average Bonchev–Trinajstić information content (AvgIpc) is 2.72. The van der Waals surface area contributed by atoms with E-state index in [0.29, 0.717) is 12.1 Å². The zero-order valence-electron chi connectivity index (χ0n) is 16.9. The number of alkyl halides is 6. The lowest BCUT2D eigenvalue weighted by atomic mass is 9.82. The van der Waals surface area contributed by atoms with E-state index in [1.54, 1.807) is 0 Å². The Kier molecular flexibility index (Phi) is 6.57. The van der Waals surface area contributed by atoms with Crippen molar-refractivity contribution >= 4 is 29.2 Å². The summed E-state index contributed by atoms with van der Waals surface area (Å²) in [5, 5.41) is 2.31. The van der Waals surface area contributed by atoms with Crippen LogP contribution in [-0.2, 0) is 10.3 Å². The van der Waals surface area contributed by atoms with Gasteiger partial charge in [0.1, 0.15) is 5.82 Å². The molecule has 2 atom stereocenters. The molecule has 0 bridgehead atoms. The number of aromatic nitrogens is 1. The molecular formula is C19H14ClF7N4O3. The lowest BCUT2D eigenvalue weighted by Crippen LogP contribution is -2.53. The number of benzene rings is 1. The van der Waals surface area contributed by atoms with Crippen LogP contribution in [0.4, 0.5) is 36.4 Å². The van der Waals surface area contributed by atoms with E-state index in [-0.39, 0.29) is 16.5 Å². The molecule has 3 rings (SSSR count). The standard InChI is InChI=1S/C19H14ClF7N4O3/c1-33-12-4-8(20)7-29-14(12)15(32)30-9-2-3-11(21)10(5-9)17(19(25,26)27)6-13(18(22,23)24)34-16(28)31-17/h2-5,7,13H,6H2,1H3,(H2,28,31)(H,30,32)/t13-,17-/m0/s1. The Balaban J connectivity index is 2.07. The predicted molar refractivity (Wildman–Crippen MR) is 105 cm³/mol. The number of nitrogens with two attached hydrogens (primary N) is 1. The van der Waals surface area contributed by atoms with Crippen LogP contribution >= 0.6 is 11.6 Å². The van der Waals surface area contributed by atoms with Gasteiger partial charge in [-0.05, 0) is 18.2 Å². The highest BCUT2D eigenvalue weighted by molar-refractivity contribution is 6.30. The van der Waals surface area contributed by atoms with Gasteiger partial charge in [0.15, 0.2) is 23.1 Å². The molecule has 0 unspecified atom stereocenters. The molecule has 2 heterocycles. The third-order valence-electron chi connectivity index (χ3n) is 4.80. The number of hydrogen-bond donors (Lipinski definition) is 2. The fourth-order valence-corrected chi connectivity index (χ4v) is 3.41. The average molecular weight is 515 g/mol. The van der Waals surface area contributed by atoms with Gasteiger partial charge >= 0.3 is 12.4 Å². The van der Waals surface area contributed by atoms with Gasteiger partial charge in [-0.2, -0.15) is 26.3 Å². The highest BCUT2D eigenvalue weighted by atomic mass is 35.5. The summed E-state index contributed by atoms with van der Waals surface area (Å²) < 4.78 is 106. The zero-order valence-corrected chi connectivity index (χ0v) is 17.6. The summed E-state index contributed by atoms with van der Waals surface area (Å²) in [6, 6.07) is 1.77. The Hall–Kier alpha value is -3.29. The third-order valence-corrected chi connectivity index (χ3v) is 5.01. The fraction of sp³-hybridized carbons (Fsp3) is 0.316. The van der Waals surface area contributed by atoms with Crippen molar-refractivity contribution in [2.45, 2.75) is 30.4 Å². The van der Waals surface area contributed by atoms with Gasteiger partial charge in [-0.3, -0.25) is 4.79 Å². The molecule has 34 heavy (non-hydrogen) atoms. The van der Waals surface area contributed by atoms with Gasteiger partial charge in [0.05, 0.1) is 12.1 Å². The van der Waals surface area contributed by atoms with Crippen molar-refractivity contribution in [3.63, 3.8) is 0 Å². The smallest absolute Gasteiger partial charge is 0.425 e. The van der Waals surface area contributed by atoms with Crippen LogP contribution in [0.3, 0.4) is 0 Å². The molecule has 2 aromatic rings. The highest BCUT2D eigenvalue weighted by Gasteiger charge is 2.64. The number of carbonyl (C=O) groups is 1. The van der Waals surface area contributed by atoms with Crippen molar-refractivity contribution < 1.29 is 45.0 Å². The quantitative estimate of drug-likeness (QED) is 0.583. The van der Waals surface area contributed by atoms with Crippen LogP contribution < -0.4 is 15.8 Å². The first kappa shape index (κ1) is 25.3. The Bertz CT molecular complexity index is 1140. The number of hydrogen-bond acceptors (Lipinski definition) is 6. The maximum absolute atomic E-state index is 14.6. The molecule has 1 amide bonds. The predicted octanol–water partition coefficient (Wildman–Crippen LogP) is 4.56. The van der Waals surface area contributed by atoms with Crippen molar-refractivity contribution in [2.24, 2.45) is 10.7 Å². The van der Waals surface area contributed by atoms with Crippen LogP contribution in [0.1, 0.15) is 22.5 Å². The van der Waals surface area contributed by atoms with E-state index in [9.17, 15) is 35.5 Å². The molecule has 1 aliphatic rings. The number of nitrogens with one attached hydrogen (secondary N) is 1. The number of ether oxygens (including phenoxy) is 2. The van der Waals surface area contributed by atoms with E-state index >= 15 is 0 Å². The molecule has 184 valence electrons. The van der Waals surface area contributed by atoms with Gasteiger partial charge in [-0.15, -0.1) is 0 Å². The largest absolute Gasteiger partial charge is 0.494 e. The molecule has 0 aliphatic carbocycles. The van der Waals surface area contributed by atoms with Crippen molar-refractivity contribution in [3.8, 4) is 5.75 Å². The van der Waals surface area contributed by atoms with Crippen molar-refractivity contribution in [2.75, 3.05) is 12.4 Å². The molecule has 1 aromatic heterocycles. The van der Waals surface area contributed by atoms with Crippen LogP contribution in [0.2, 0.25) is 5.02 Å². The number of carbonyl (C=O) groups excluding carboxylic acids is 1. The number of amidine groups is 1. The summed E-state index contributed by atoms with van der Waals surface area (Å²) >= 11 is 5.76. The summed E-state index contributed by atoms with van der Waals surface area (Å²) in [7, 11) is 1.21. The Labute approximate surface area is 191 Å². The number of rotatable bonds is 4. The van der Waals surface area contributed by atoms with Crippen LogP contribution in [0.5, 0.6) is 5.75 Å². The number of halogens is 8.